The summed E-state index contributed by atoms with van der Waals surface area (Å²) in [6.45, 7) is 6.98. The third-order valence-electron chi connectivity index (χ3n) is 6.64. The van der Waals surface area contributed by atoms with E-state index in [4.69, 9.17) is 4.74 Å². The standard InChI is InChI=1S/C20H28O2/c1-4-5-6-7-12-10-14(21)18-16(11-12)22-15-9-8-13-17(15)19(18)20(13,2)3/h10-11,13,15,17,19,21H,4-9H2,1-3H3/t13?,15?,17?,19-/m0/s1. The zero-order valence-corrected chi connectivity index (χ0v) is 14.1. The highest BCUT2D eigenvalue weighted by Gasteiger charge is 2.65. The van der Waals surface area contributed by atoms with Crippen LogP contribution in [0.3, 0.4) is 0 Å². The van der Waals surface area contributed by atoms with E-state index in [1.807, 2.05) is 6.07 Å². The van der Waals surface area contributed by atoms with Gasteiger partial charge in [0.25, 0.3) is 0 Å². The molecule has 0 amide bonds. The Kier molecular flexibility index (Phi) is 3.22. The SMILES string of the molecule is CCCCCc1cc(O)c2c(c1)OC1CCC3C1[C@@H]2C3(C)C. The lowest BCUT2D eigenvalue weighted by atomic mass is 9.46. The lowest BCUT2D eigenvalue weighted by Crippen LogP contribution is -2.55. The van der Waals surface area contributed by atoms with Crippen LogP contribution in [0.1, 0.15) is 69.9 Å². The second kappa shape index (κ2) is 4.91. The van der Waals surface area contributed by atoms with Gasteiger partial charge in [-0.3, -0.25) is 0 Å². The van der Waals surface area contributed by atoms with Crippen LogP contribution in [0, 0.1) is 17.3 Å². The molecule has 0 aromatic heterocycles. The largest absolute Gasteiger partial charge is 0.508 e. The van der Waals surface area contributed by atoms with Crippen molar-refractivity contribution in [3.63, 3.8) is 0 Å². The molecule has 2 fully saturated rings. The van der Waals surface area contributed by atoms with Crippen LogP contribution in [-0.2, 0) is 6.42 Å². The van der Waals surface area contributed by atoms with Gasteiger partial charge in [-0.25, -0.2) is 0 Å². The lowest BCUT2D eigenvalue weighted by molar-refractivity contribution is -0.0797. The van der Waals surface area contributed by atoms with Gasteiger partial charge >= 0.3 is 0 Å². The minimum Gasteiger partial charge on any atom is -0.508 e. The monoisotopic (exact) mass is 300 g/mol. The first-order chi connectivity index (χ1) is 10.5. The molecular formula is C20H28O2. The predicted molar refractivity (Wildman–Crippen MR) is 88.5 cm³/mol. The second-order valence-electron chi connectivity index (χ2n) is 8.20. The summed E-state index contributed by atoms with van der Waals surface area (Å²) in [5.74, 6) is 3.36. The maximum Gasteiger partial charge on any atom is 0.127 e. The minimum absolute atomic E-state index is 0.305. The highest BCUT2D eigenvalue weighted by Crippen LogP contribution is 2.71. The fourth-order valence-electron chi connectivity index (χ4n) is 5.58. The average molecular weight is 300 g/mol. The van der Waals surface area contributed by atoms with Crippen LogP contribution in [0.4, 0.5) is 0 Å². The smallest absolute Gasteiger partial charge is 0.127 e. The van der Waals surface area contributed by atoms with Crippen molar-refractivity contribution in [2.75, 3.05) is 0 Å². The summed E-state index contributed by atoms with van der Waals surface area (Å²) in [4.78, 5) is 0. The molecule has 0 bridgehead atoms. The molecule has 0 radical (unpaired) electrons. The number of unbranched alkanes of at least 4 members (excludes halogenated alkanes) is 2. The molecule has 1 heterocycles. The Morgan fingerprint density at radius 3 is 2.82 bits per heavy atom. The number of phenolic OH excluding ortho intramolecular Hbond substituents is 1. The molecule has 22 heavy (non-hydrogen) atoms. The number of benzene rings is 1. The molecule has 2 nitrogen and oxygen atoms in total. The molecule has 1 aromatic rings. The fourth-order valence-corrected chi connectivity index (χ4v) is 5.58. The second-order valence-corrected chi connectivity index (χ2v) is 8.20. The normalized spacial score (nSPS) is 33.6. The topological polar surface area (TPSA) is 29.5 Å². The van der Waals surface area contributed by atoms with Gasteiger partial charge in [0.15, 0.2) is 0 Å². The van der Waals surface area contributed by atoms with Gasteiger partial charge in [0, 0.05) is 17.4 Å². The maximum atomic E-state index is 10.7. The van der Waals surface area contributed by atoms with Gasteiger partial charge < -0.3 is 9.84 Å². The Hall–Kier alpha value is -1.18. The molecule has 2 heteroatoms. The van der Waals surface area contributed by atoms with Crippen molar-refractivity contribution in [1.29, 1.82) is 0 Å². The molecule has 2 saturated carbocycles. The van der Waals surface area contributed by atoms with E-state index < -0.39 is 0 Å². The third kappa shape index (κ3) is 1.85. The van der Waals surface area contributed by atoms with E-state index in [2.05, 4.69) is 26.8 Å². The van der Waals surface area contributed by atoms with E-state index in [1.54, 1.807) is 0 Å². The number of ether oxygens (including phenoxy) is 1. The summed E-state index contributed by atoms with van der Waals surface area (Å²) < 4.78 is 6.32. The van der Waals surface area contributed by atoms with Crippen molar-refractivity contribution < 1.29 is 9.84 Å². The van der Waals surface area contributed by atoms with Gasteiger partial charge in [0.05, 0.1) is 0 Å². The summed E-state index contributed by atoms with van der Waals surface area (Å²) >= 11 is 0. The van der Waals surface area contributed by atoms with E-state index in [0.717, 1.165) is 23.7 Å². The van der Waals surface area contributed by atoms with Crippen LogP contribution in [0.2, 0.25) is 0 Å². The third-order valence-corrected chi connectivity index (χ3v) is 6.64. The first kappa shape index (κ1) is 14.4. The Labute approximate surface area is 133 Å². The van der Waals surface area contributed by atoms with Crippen molar-refractivity contribution >= 4 is 0 Å². The molecule has 4 rings (SSSR count). The highest BCUT2D eigenvalue weighted by molar-refractivity contribution is 5.54. The van der Waals surface area contributed by atoms with Gasteiger partial charge in [-0.15, -0.1) is 0 Å². The summed E-state index contributed by atoms with van der Waals surface area (Å²) in [7, 11) is 0. The number of phenols is 1. The predicted octanol–water partition coefficient (Wildman–Crippen LogP) is 5.04. The maximum absolute atomic E-state index is 10.7. The summed E-state index contributed by atoms with van der Waals surface area (Å²) in [6, 6.07) is 4.21. The summed E-state index contributed by atoms with van der Waals surface area (Å²) in [6.07, 6.45) is 7.59. The van der Waals surface area contributed by atoms with Crippen LogP contribution < -0.4 is 4.74 Å². The number of aromatic hydroxyl groups is 1. The molecule has 1 aromatic carbocycles. The molecule has 1 aliphatic heterocycles. The van der Waals surface area contributed by atoms with Gasteiger partial charge in [-0.2, -0.15) is 0 Å². The first-order valence-electron chi connectivity index (χ1n) is 9.06. The van der Waals surface area contributed by atoms with Gasteiger partial charge in [0.1, 0.15) is 17.6 Å². The van der Waals surface area contributed by atoms with Crippen molar-refractivity contribution in [3.8, 4) is 11.5 Å². The Morgan fingerprint density at radius 2 is 2.05 bits per heavy atom. The molecule has 4 atom stereocenters. The van der Waals surface area contributed by atoms with Crippen molar-refractivity contribution in [3.05, 3.63) is 23.3 Å². The molecule has 3 aliphatic rings. The highest BCUT2D eigenvalue weighted by atomic mass is 16.5. The van der Waals surface area contributed by atoms with Crippen LogP contribution in [0.25, 0.3) is 0 Å². The van der Waals surface area contributed by atoms with Crippen LogP contribution >= 0.6 is 0 Å². The Balaban J connectivity index is 1.68. The van der Waals surface area contributed by atoms with Gasteiger partial charge in [0.2, 0.25) is 0 Å². The van der Waals surface area contributed by atoms with Crippen LogP contribution in [-0.4, -0.2) is 11.2 Å². The summed E-state index contributed by atoms with van der Waals surface area (Å²) in [5.41, 5.74) is 2.64. The lowest BCUT2D eigenvalue weighted by Gasteiger charge is -2.59. The van der Waals surface area contributed by atoms with Crippen molar-refractivity contribution in [1.82, 2.24) is 0 Å². The zero-order valence-electron chi connectivity index (χ0n) is 14.1. The van der Waals surface area contributed by atoms with E-state index in [1.165, 1.54) is 37.7 Å². The van der Waals surface area contributed by atoms with Crippen molar-refractivity contribution in [2.24, 2.45) is 17.3 Å². The summed E-state index contributed by atoms with van der Waals surface area (Å²) in [5, 5.41) is 10.7. The van der Waals surface area contributed by atoms with E-state index in [-0.39, 0.29) is 0 Å². The molecular weight excluding hydrogens is 272 g/mol. The number of aryl methyl sites for hydroxylation is 1. The molecule has 0 saturated heterocycles. The minimum atomic E-state index is 0.305. The number of fused-ring (bicyclic) bond motifs is 2. The van der Waals surface area contributed by atoms with Crippen LogP contribution in [0.5, 0.6) is 11.5 Å². The zero-order chi connectivity index (χ0) is 15.5. The van der Waals surface area contributed by atoms with Gasteiger partial charge in [-0.05, 0) is 54.7 Å². The number of hydrogen-bond acceptors (Lipinski definition) is 2. The van der Waals surface area contributed by atoms with Crippen LogP contribution in [0.15, 0.2) is 12.1 Å². The van der Waals surface area contributed by atoms with Gasteiger partial charge in [-0.1, -0.05) is 33.6 Å². The molecule has 2 aliphatic carbocycles. The Morgan fingerprint density at radius 1 is 1.23 bits per heavy atom. The Bertz CT molecular complexity index is 590. The molecule has 3 unspecified atom stereocenters. The molecule has 120 valence electrons. The average Bonchev–Trinajstić information content (AvgIpc) is 2.88. The van der Waals surface area contributed by atoms with E-state index >= 15 is 0 Å². The van der Waals surface area contributed by atoms with E-state index in [0.29, 0.717) is 29.1 Å². The fraction of sp³-hybridized carbons (Fsp3) is 0.700. The molecule has 0 spiro atoms. The van der Waals surface area contributed by atoms with E-state index in [9.17, 15) is 5.11 Å². The quantitative estimate of drug-likeness (QED) is 0.790. The first-order valence-corrected chi connectivity index (χ1v) is 9.06. The number of rotatable bonds is 4. The molecule has 1 N–H and O–H groups in total. The number of hydrogen-bond donors (Lipinski definition) is 1. The van der Waals surface area contributed by atoms with Crippen molar-refractivity contribution in [2.45, 2.75) is 71.3 Å².